The summed E-state index contributed by atoms with van der Waals surface area (Å²) in [4.78, 5) is 48.2. The summed E-state index contributed by atoms with van der Waals surface area (Å²) in [6.45, 7) is 4.22. The van der Waals surface area contributed by atoms with Gasteiger partial charge in [-0.05, 0) is 61.3 Å². The first-order valence-corrected chi connectivity index (χ1v) is 18.8. The molecule has 0 amide bonds. The van der Waals surface area contributed by atoms with Gasteiger partial charge in [0.25, 0.3) is 0 Å². The minimum Gasteiger partial charge on any atom is -0.455 e. The van der Waals surface area contributed by atoms with Crippen LogP contribution in [0, 0.1) is 0 Å². The number of carbonyl (C=O) groups is 4. The number of hydrogen-bond donors (Lipinski definition) is 0. The number of hydrogen-bond acceptors (Lipinski definition) is 5. The molecule has 2 atom stereocenters. The second-order valence-corrected chi connectivity index (χ2v) is 16.9. The summed E-state index contributed by atoms with van der Waals surface area (Å²) in [6, 6.07) is 43.1. The number of ether oxygens (including phenoxy) is 1. The number of aldehydes is 4. The zero-order valence-corrected chi connectivity index (χ0v) is 29.2. The highest BCUT2D eigenvalue weighted by Gasteiger charge is 2.40. The molecule has 50 heavy (non-hydrogen) atoms. The lowest BCUT2D eigenvalue weighted by atomic mass is 9.75. The van der Waals surface area contributed by atoms with Crippen LogP contribution < -0.4 is 36.6 Å². The van der Waals surface area contributed by atoms with Crippen molar-refractivity contribution in [3.05, 3.63) is 167 Å². The summed E-state index contributed by atoms with van der Waals surface area (Å²) in [6.07, 6.45) is 3.40. The van der Waals surface area contributed by atoms with Crippen LogP contribution in [0.25, 0.3) is 0 Å². The minimum absolute atomic E-state index is 0.528. The fraction of sp³-hybridized carbons (Fsp3) is 0.0698. The second-order valence-electron chi connectivity index (χ2n) is 12.6. The SMILES string of the molecule is CC1(C)c2cc(C=O)cc(P(c3ccccc3)c3ccc(C=O)cc3)c2Oc2c(P(c3ccccc3)c3ccc(C=O)cc3)cc(C=O)cc21. The van der Waals surface area contributed by atoms with Gasteiger partial charge < -0.3 is 4.74 Å². The normalized spacial score (nSPS) is 13.9. The average Bonchev–Trinajstić information content (AvgIpc) is 3.16. The highest BCUT2D eigenvalue weighted by Crippen LogP contribution is 2.52. The topological polar surface area (TPSA) is 77.5 Å². The first-order chi connectivity index (χ1) is 24.4. The third-order valence-corrected chi connectivity index (χ3v) is 14.0. The Labute approximate surface area is 293 Å². The Bertz CT molecular complexity index is 2070. The summed E-state index contributed by atoms with van der Waals surface area (Å²) >= 11 is 0. The molecule has 0 radical (unpaired) electrons. The standard InChI is InChI=1S/C43H32O5P2/c1-43(2)37-21-31(27-46)23-39(49(33-9-5-3-6-10-33)35-17-13-29(25-44)14-18-35)41(37)48-42-38(43)22-32(28-47)24-40(42)50(34-11-7-4-8-12-34)36-19-15-30(26-45)16-20-36/h3-28H,1-2H3. The van der Waals surface area contributed by atoms with E-state index < -0.39 is 21.3 Å². The lowest BCUT2D eigenvalue weighted by molar-refractivity contribution is 0.111. The van der Waals surface area contributed by atoms with Crippen LogP contribution in [0.5, 0.6) is 11.5 Å². The molecule has 0 saturated carbocycles. The molecule has 7 rings (SSSR count). The van der Waals surface area contributed by atoms with Gasteiger partial charge in [0.05, 0.1) is 0 Å². The quantitative estimate of drug-likeness (QED) is 0.116. The van der Waals surface area contributed by atoms with Crippen LogP contribution >= 0.6 is 15.8 Å². The van der Waals surface area contributed by atoms with E-state index in [1.165, 1.54) is 0 Å². The van der Waals surface area contributed by atoms with E-state index in [1.807, 2.05) is 109 Å². The molecule has 1 aliphatic heterocycles. The van der Waals surface area contributed by atoms with E-state index in [2.05, 4.69) is 38.1 Å². The molecule has 6 aromatic carbocycles. The lowest BCUT2D eigenvalue weighted by Crippen LogP contribution is -2.33. The van der Waals surface area contributed by atoms with Crippen LogP contribution in [-0.2, 0) is 5.41 Å². The van der Waals surface area contributed by atoms with Gasteiger partial charge in [0, 0.05) is 49.4 Å². The Morgan fingerprint density at radius 1 is 0.440 bits per heavy atom. The third kappa shape index (κ3) is 6.05. The number of rotatable bonds is 10. The molecular formula is C43H32O5P2. The maximum atomic E-state index is 12.5. The maximum Gasteiger partial charge on any atom is 0.150 e. The molecule has 1 aliphatic rings. The van der Waals surface area contributed by atoms with Gasteiger partial charge in [0.15, 0.2) is 0 Å². The van der Waals surface area contributed by atoms with Gasteiger partial charge in [-0.15, -0.1) is 0 Å². The van der Waals surface area contributed by atoms with E-state index in [9.17, 15) is 19.2 Å². The summed E-state index contributed by atoms with van der Waals surface area (Å²) in [5.74, 6) is 1.36. The fourth-order valence-electron chi connectivity index (χ4n) is 6.54. The molecule has 0 N–H and O–H groups in total. The molecule has 0 aromatic heterocycles. The van der Waals surface area contributed by atoms with Gasteiger partial charge in [-0.25, -0.2) is 0 Å². The van der Waals surface area contributed by atoms with E-state index in [0.29, 0.717) is 33.8 Å². The van der Waals surface area contributed by atoms with E-state index in [4.69, 9.17) is 4.74 Å². The first-order valence-electron chi connectivity index (χ1n) is 16.1. The second kappa shape index (κ2) is 13.9. The van der Waals surface area contributed by atoms with Crippen LogP contribution in [0.4, 0.5) is 0 Å². The predicted molar refractivity (Wildman–Crippen MR) is 204 cm³/mol. The molecule has 0 saturated heterocycles. The Morgan fingerprint density at radius 3 is 1.12 bits per heavy atom. The first kappa shape index (κ1) is 33.2. The third-order valence-electron chi connectivity index (χ3n) is 9.09. The van der Waals surface area contributed by atoms with Crippen LogP contribution in [0.15, 0.2) is 133 Å². The zero-order valence-electron chi connectivity index (χ0n) is 27.4. The molecule has 1 heterocycles. The Balaban J connectivity index is 1.51. The van der Waals surface area contributed by atoms with Crippen LogP contribution in [0.1, 0.15) is 66.4 Å². The van der Waals surface area contributed by atoms with Crippen molar-refractivity contribution < 1.29 is 23.9 Å². The summed E-state index contributed by atoms with van der Waals surface area (Å²) in [7, 11) is -2.48. The molecule has 6 aromatic rings. The van der Waals surface area contributed by atoms with Gasteiger partial charge in [-0.3, -0.25) is 19.2 Å². The van der Waals surface area contributed by atoms with Crippen LogP contribution in [0.3, 0.4) is 0 Å². The zero-order chi connectivity index (χ0) is 34.8. The summed E-state index contributed by atoms with van der Waals surface area (Å²) in [5, 5.41) is 5.91. The van der Waals surface area contributed by atoms with E-state index >= 15 is 0 Å². The largest absolute Gasteiger partial charge is 0.455 e. The van der Waals surface area contributed by atoms with Crippen molar-refractivity contribution in [3.63, 3.8) is 0 Å². The van der Waals surface area contributed by atoms with Crippen molar-refractivity contribution in [3.8, 4) is 11.5 Å². The molecule has 2 unspecified atom stereocenters. The Kier molecular flexibility index (Phi) is 9.21. The van der Waals surface area contributed by atoms with Crippen molar-refractivity contribution in [1.29, 1.82) is 0 Å². The van der Waals surface area contributed by atoms with E-state index in [-0.39, 0.29) is 0 Å². The Hall–Kier alpha value is -5.34. The number of carbonyl (C=O) groups excluding carboxylic acids is 4. The van der Waals surface area contributed by atoms with Gasteiger partial charge in [-0.2, -0.15) is 0 Å². The smallest absolute Gasteiger partial charge is 0.150 e. The van der Waals surface area contributed by atoms with Crippen LogP contribution in [-0.4, -0.2) is 25.1 Å². The average molecular weight is 691 g/mol. The van der Waals surface area contributed by atoms with Gasteiger partial charge in [0.2, 0.25) is 0 Å². The van der Waals surface area contributed by atoms with Gasteiger partial charge in [0.1, 0.15) is 36.6 Å². The molecule has 5 nitrogen and oxygen atoms in total. The van der Waals surface area contributed by atoms with Crippen LogP contribution in [0.2, 0.25) is 0 Å². The highest BCUT2D eigenvalue weighted by atomic mass is 31.1. The summed E-state index contributed by atoms with van der Waals surface area (Å²) in [5.41, 5.74) is 3.26. The molecular weight excluding hydrogens is 658 g/mol. The molecule has 0 aliphatic carbocycles. The molecule has 0 fully saturated rings. The van der Waals surface area contributed by atoms with E-state index in [0.717, 1.165) is 68.1 Å². The predicted octanol–water partition coefficient (Wildman–Crippen LogP) is 6.88. The fourth-order valence-corrected chi connectivity index (χ4v) is 11.4. The highest BCUT2D eigenvalue weighted by molar-refractivity contribution is 7.80. The minimum atomic E-state index is -1.24. The van der Waals surface area contributed by atoms with Crippen molar-refractivity contribution >= 4 is 72.8 Å². The number of benzene rings is 6. The van der Waals surface area contributed by atoms with Crippen molar-refractivity contribution in [2.75, 3.05) is 0 Å². The van der Waals surface area contributed by atoms with Crippen molar-refractivity contribution in [2.24, 2.45) is 0 Å². The van der Waals surface area contributed by atoms with Crippen molar-refractivity contribution in [2.45, 2.75) is 19.3 Å². The maximum absolute atomic E-state index is 12.5. The summed E-state index contributed by atoms with van der Waals surface area (Å²) < 4.78 is 7.20. The van der Waals surface area contributed by atoms with Crippen molar-refractivity contribution in [1.82, 2.24) is 0 Å². The monoisotopic (exact) mass is 690 g/mol. The molecule has 244 valence electrons. The number of fused-ring (bicyclic) bond motifs is 2. The lowest BCUT2D eigenvalue weighted by Gasteiger charge is -2.39. The van der Waals surface area contributed by atoms with Gasteiger partial charge >= 0.3 is 0 Å². The molecule has 0 spiro atoms. The Morgan fingerprint density at radius 2 is 0.780 bits per heavy atom. The van der Waals surface area contributed by atoms with E-state index in [1.54, 1.807) is 0 Å². The molecule has 0 bridgehead atoms. The van der Waals surface area contributed by atoms with Gasteiger partial charge in [-0.1, -0.05) is 123 Å². The molecule has 7 heteroatoms.